The molecule has 2 fully saturated rings. The van der Waals surface area contributed by atoms with Crippen LogP contribution in [-0.4, -0.2) is 100 Å². The van der Waals surface area contributed by atoms with E-state index in [1.54, 1.807) is 4.90 Å². The average molecular weight is 662 g/mol. The smallest absolute Gasteiger partial charge is 0.303 e. The second-order valence-corrected chi connectivity index (χ2v) is 11.9. The van der Waals surface area contributed by atoms with E-state index < -0.39 is 73.4 Å². The average Bonchev–Trinajstić information content (AvgIpc) is 3.44. The number of carbonyl (C=O) groups excluding carboxylic acids is 6. The van der Waals surface area contributed by atoms with E-state index in [-0.39, 0.29) is 23.8 Å². The molecule has 0 radical (unpaired) electrons. The second-order valence-electron chi connectivity index (χ2n) is 11.9. The van der Waals surface area contributed by atoms with Crippen molar-refractivity contribution in [3.05, 3.63) is 29.6 Å². The number of hydrogen-bond acceptors (Lipinski definition) is 14. The monoisotopic (exact) mass is 661 g/mol. The number of rotatable bonds is 8. The van der Waals surface area contributed by atoms with Gasteiger partial charge in [-0.2, -0.15) is 0 Å². The molecule has 1 amide bonds. The fourth-order valence-corrected chi connectivity index (χ4v) is 6.90. The van der Waals surface area contributed by atoms with Gasteiger partial charge in [0.05, 0.1) is 29.3 Å². The van der Waals surface area contributed by atoms with Crippen molar-refractivity contribution in [2.75, 3.05) is 13.2 Å². The first-order valence-corrected chi connectivity index (χ1v) is 15.5. The Morgan fingerprint density at radius 3 is 2.19 bits per heavy atom. The predicted molar refractivity (Wildman–Crippen MR) is 155 cm³/mol. The third-order valence-corrected chi connectivity index (χ3v) is 8.79. The molecule has 0 saturated carbocycles. The zero-order valence-corrected chi connectivity index (χ0v) is 27.0. The maximum atomic E-state index is 13.7. The van der Waals surface area contributed by atoms with Gasteiger partial charge in [0.25, 0.3) is 5.91 Å². The summed E-state index contributed by atoms with van der Waals surface area (Å²) in [5.74, 6) is -4.04. The van der Waals surface area contributed by atoms with E-state index in [9.17, 15) is 28.8 Å². The molecule has 1 aromatic heterocycles. The Morgan fingerprint density at radius 1 is 0.915 bits per heavy atom. The summed E-state index contributed by atoms with van der Waals surface area (Å²) in [7, 11) is 0. The summed E-state index contributed by atoms with van der Waals surface area (Å²) in [4.78, 5) is 80.4. The van der Waals surface area contributed by atoms with Crippen LogP contribution in [0, 0.1) is 11.8 Å². The number of imidazole rings is 1. The zero-order valence-electron chi connectivity index (χ0n) is 27.0. The molecule has 16 nitrogen and oxygen atoms in total. The summed E-state index contributed by atoms with van der Waals surface area (Å²) < 4.78 is 41.6. The molecule has 0 bridgehead atoms. The molecular formula is C31H39N3O13. The van der Waals surface area contributed by atoms with Gasteiger partial charge in [-0.25, -0.2) is 4.98 Å². The van der Waals surface area contributed by atoms with Crippen LogP contribution in [0.5, 0.6) is 0 Å². The van der Waals surface area contributed by atoms with Gasteiger partial charge < -0.3 is 38.1 Å². The van der Waals surface area contributed by atoms with Crippen molar-refractivity contribution in [1.82, 2.24) is 14.5 Å². The van der Waals surface area contributed by atoms with Crippen LogP contribution in [0.3, 0.4) is 0 Å². The van der Waals surface area contributed by atoms with E-state index in [0.717, 1.165) is 26.5 Å². The molecular weight excluding hydrogens is 622 g/mol. The van der Waals surface area contributed by atoms with Crippen molar-refractivity contribution in [2.24, 2.45) is 11.8 Å². The van der Waals surface area contributed by atoms with E-state index in [4.69, 9.17) is 33.2 Å². The number of carbonyl (C=O) groups is 6. The number of esters is 4. The standard InChI is InChI=1S/C31H39N3O13/c1-7-19-20-10-23-25-22(34(13-32-25)14(2)35)8-9-33(23)29(40)21(20)11-42-30(19)47-31-28(45-18(6)39)27(44-17(5)38)26(43-16(4)37)24(46-31)12-41-15(3)36/h11,13,19-20,23-24,26-28,30-31H,7-10,12H2,1-6H3/t19-,20?,23?,24?,26?,27?,28?,30+,31?/m0/s1. The highest BCUT2D eigenvalue weighted by Crippen LogP contribution is 2.48. The molecule has 4 aliphatic heterocycles. The lowest BCUT2D eigenvalue weighted by Gasteiger charge is -2.49. The maximum absolute atomic E-state index is 13.7. The van der Waals surface area contributed by atoms with Crippen LogP contribution in [0.15, 0.2) is 18.2 Å². The van der Waals surface area contributed by atoms with Crippen molar-refractivity contribution in [3.63, 3.8) is 0 Å². The molecule has 256 valence electrons. The Labute approximate surface area is 270 Å². The number of fused-ring (bicyclic) bond motifs is 4. The lowest BCUT2D eigenvalue weighted by molar-refractivity contribution is -0.344. The van der Waals surface area contributed by atoms with E-state index in [1.807, 2.05) is 6.92 Å². The summed E-state index contributed by atoms with van der Waals surface area (Å²) >= 11 is 0. The van der Waals surface area contributed by atoms with Crippen LogP contribution in [0.1, 0.15) is 76.6 Å². The van der Waals surface area contributed by atoms with Crippen LogP contribution < -0.4 is 0 Å². The third kappa shape index (κ3) is 6.88. The molecule has 4 aliphatic rings. The number of hydrogen-bond donors (Lipinski definition) is 0. The normalized spacial score (nSPS) is 31.2. The summed E-state index contributed by atoms with van der Waals surface area (Å²) in [6.07, 6.45) is -3.53. The Morgan fingerprint density at radius 2 is 1.57 bits per heavy atom. The topological polar surface area (TPSA) is 188 Å². The summed E-state index contributed by atoms with van der Waals surface area (Å²) in [5, 5.41) is 0. The number of ether oxygens (including phenoxy) is 7. The van der Waals surface area contributed by atoms with E-state index in [1.165, 1.54) is 31.0 Å². The predicted octanol–water partition coefficient (Wildman–Crippen LogP) is 1.36. The maximum Gasteiger partial charge on any atom is 0.303 e. The van der Waals surface area contributed by atoms with Crippen molar-refractivity contribution < 1.29 is 61.9 Å². The van der Waals surface area contributed by atoms with Gasteiger partial charge in [0.2, 0.25) is 18.5 Å². The minimum Gasteiger partial charge on any atom is -0.472 e. The first kappa shape index (κ1) is 34.0. The minimum absolute atomic E-state index is 0.161. The number of aromatic nitrogens is 2. The Hall–Kier alpha value is -4.31. The van der Waals surface area contributed by atoms with Crippen LogP contribution in [-0.2, 0) is 63.6 Å². The van der Waals surface area contributed by atoms with Crippen LogP contribution >= 0.6 is 0 Å². The molecule has 5 rings (SSSR count). The number of amides is 1. The quantitative estimate of drug-likeness (QED) is 0.287. The van der Waals surface area contributed by atoms with Crippen molar-refractivity contribution in [3.8, 4) is 0 Å². The zero-order chi connectivity index (χ0) is 34.2. The van der Waals surface area contributed by atoms with Gasteiger partial charge in [0.1, 0.15) is 19.0 Å². The van der Waals surface area contributed by atoms with Crippen molar-refractivity contribution in [2.45, 2.75) is 104 Å². The molecule has 5 heterocycles. The van der Waals surface area contributed by atoms with Gasteiger partial charge in [-0.1, -0.05) is 6.92 Å². The van der Waals surface area contributed by atoms with Gasteiger partial charge in [0, 0.05) is 59.4 Å². The molecule has 9 atom stereocenters. The van der Waals surface area contributed by atoms with E-state index >= 15 is 0 Å². The Bertz CT molecular complexity index is 1470. The van der Waals surface area contributed by atoms with Crippen LogP contribution in [0.2, 0.25) is 0 Å². The lowest BCUT2D eigenvalue weighted by atomic mass is 9.73. The summed E-state index contributed by atoms with van der Waals surface area (Å²) in [6.45, 7) is 7.97. The fourth-order valence-electron chi connectivity index (χ4n) is 6.90. The highest BCUT2D eigenvalue weighted by molar-refractivity contribution is 5.95. The molecule has 47 heavy (non-hydrogen) atoms. The summed E-state index contributed by atoms with van der Waals surface area (Å²) in [5.41, 5.74) is 1.94. The number of nitrogens with zero attached hydrogens (tertiary/aromatic N) is 3. The second kappa shape index (κ2) is 13.8. The molecule has 2 saturated heterocycles. The van der Waals surface area contributed by atoms with Gasteiger partial charge in [-0.3, -0.25) is 33.3 Å². The first-order chi connectivity index (χ1) is 22.3. The van der Waals surface area contributed by atoms with Gasteiger partial charge in [0.15, 0.2) is 18.3 Å². The largest absolute Gasteiger partial charge is 0.472 e. The molecule has 1 aromatic rings. The van der Waals surface area contributed by atoms with Crippen LogP contribution in [0.4, 0.5) is 0 Å². The third-order valence-electron chi connectivity index (χ3n) is 8.79. The van der Waals surface area contributed by atoms with Crippen LogP contribution in [0.25, 0.3) is 0 Å². The molecule has 0 aliphatic carbocycles. The SMILES string of the molecule is CC[C@H]1C2CC3c4ncn(C(C)=O)c4CCN3C(=O)C2=CO[C@@H]1OC1OC(COC(C)=O)C(OC(C)=O)C(OC(C)=O)C1OC(C)=O. The molecule has 16 heteroatoms. The molecule has 0 aromatic carbocycles. The van der Waals surface area contributed by atoms with E-state index in [0.29, 0.717) is 37.1 Å². The summed E-state index contributed by atoms with van der Waals surface area (Å²) in [6, 6.07) is -0.368. The highest BCUT2D eigenvalue weighted by atomic mass is 16.8. The molecule has 7 unspecified atom stereocenters. The molecule has 0 N–H and O–H groups in total. The lowest BCUT2D eigenvalue weighted by Crippen LogP contribution is -2.63. The van der Waals surface area contributed by atoms with Crippen molar-refractivity contribution in [1.29, 1.82) is 0 Å². The number of piperidine rings is 1. The fraction of sp³-hybridized carbons (Fsp3) is 0.645. The van der Waals surface area contributed by atoms with Gasteiger partial charge >= 0.3 is 23.9 Å². The van der Waals surface area contributed by atoms with Crippen molar-refractivity contribution >= 4 is 35.7 Å². The molecule has 0 spiro atoms. The Balaban J connectivity index is 1.46. The first-order valence-electron chi connectivity index (χ1n) is 15.5. The van der Waals surface area contributed by atoms with Gasteiger partial charge in [-0.15, -0.1) is 0 Å². The van der Waals surface area contributed by atoms with Gasteiger partial charge in [-0.05, 0) is 12.8 Å². The van der Waals surface area contributed by atoms with E-state index in [2.05, 4.69) is 4.98 Å². The highest BCUT2D eigenvalue weighted by Gasteiger charge is 2.55. The Kier molecular flexibility index (Phi) is 10.0. The minimum atomic E-state index is -1.45.